The molecule has 1 aliphatic heterocycles. The van der Waals surface area contributed by atoms with Crippen molar-refractivity contribution in [1.29, 1.82) is 0 Å². The highest BCUT2D eigenvalue weighted by Crippen LogP contribution is 2.48. The minimum absolute atomic E-state index is 0.00805. The summed E-state index contributed by atoms with van der Waals surface area (Å²) in [5.74, 6) is -2.12. The van der Waals surface area contributed by atoms with E-state index in [0.717, 1.165) is 0 Å². The highest BCUT2D eigenvalue weighted by Gasteiger charge is 2.39. The van der Waals surface area contributed by atoms with Crippen LogP contribution in [0.3, 0.4) is 0 Å². The normalized spacial score (nSPS) is 15.5. The molecule has 1 atom stereocenters. The molecule has 3 aromatic carbocycles. The first-order valence-corrected chi connectivity index (χ1v) is 10.1. The largest absolute Gasteiger partial charge is 0.462 e. The second-order valence-corrected chi connectivity index (χ2v) is 7.34. The predicted molar refractivity (Wildman–Crippen MR) is 118 cm³/mol. The molecule has 0 aliphatic carbocycles. The molecule has 0 amide bonds. The lowest BCUT2D eigenvalue weighted by Crippen LogP contribution is -2.28. The molecular formula is C24H19FN4O3. The fourth-order valence-corrected chi connectivity index (χ4v) is 4.07. The maximum Gasteiger partial charge on any atom is 0.340 e. The maximum absolute atomic E-state index is 15.0. The third-order valence-electron chi connectivity index (χ3n) is 5.42. The van der Waals surface area contributed by atoms with Crippen LogP contribution in [0.1, 0.15) is 24.0 Å². The molecule has 1 unspecified atom stereocenters. The Bertz CT molecular complexity index is 1430. The van der Waals surface area contributed by atoms with Gasteiger partial charge in [0.25, 0.3) is 0 Å². The molecule has 160 valence electrons. The van der Waals surface area contributed by atoms with E-state index in [-0.39, 0.29) is 35.1 Å². The molecule has 0 bridgehead atoms. The van der Waals surface area contributed by atoms with Crippen LogP contribution in [0.5, 0.6) is 5.75 Å². The van der Waals surface area contributed by atoms with Crippen molar-refractivity contribution in [3.63, 3.8) is 0 Å². The number of rotatable bonds is 3. The Morgan fingerprint density at radius 1 is 1.06 bits per heavy atom. The van der Waals surface area contributed by atoms with Gasteiger partial charge in [-0.15, -0.1) is 0 Å². The third kappa shape index (κ3) is 2.99. The molecule has 7 nitrogen and oxygen atoms in total. The number of fused-ring (bicyclic) bond motifs is 4. The molecule has 0 saturated heterocycles. The predicted octanol–water partition coefficient (Wildman–Crippen LogP) is 3.76. The number of esters is 1. The molecular weight excluding hydrogens is 411 g/mol. The SMILES string of the molecule is CCOC(=O)C1=C(N)Oc2c(N)cc3nc4ccccc4nc3c2C1c1ccccc1F. The molecule has 4 N–H and O–H groups in total. The summed E-state index contributed by atoms with van der Waals surface area (Å²) in [6, 6.07) is 15.2. The van der Waals surface area contributed by atoms with Crippen LogP contribution in [0.25, 0.3) is 22.1 Å². The maximum atomic E-state index is 15.0. The standard InChI is InChI=1S/C24H19FN4O3/c1-2-31-24(30)20-18(12-7-3-4-8-13(12)25)19-21-17(11-14(26)22(19)32-23(20)27)28-15-9-5-6-10-16(15)29-21/h3-11,18H,2,26-27H2,1H3. The number of anilines is 1. The van der Waals surface area contributed by atoms with E-state index in [1.807, 2.05) is 24.3 Å². The zero-order valence-corrected chi connectivity index (χ0v) is 17.1. The van der Waals surface area contributed by atoms with Gasteiger partial charge in [-0.2, -0.15) is 0 Å². The molecule has 1 aliphatic rings. The Morgan fingerprint density at radius 3 is 2.47 bits per heavy atom. The van der Waals surface area contributed by atoms with Crippen LogP contribution in [0.4, 0.5) is 10.1 Å². The number of nitrogens with zero attached hydrogens (tertiary/aromatic N) is 2. The second kappa shape index (κ2) is 7.49. The quantitative estimate of drug-likeness (QED) is 0.289. The number of carbonyl (C=O) groups excluding carboxylic acids is 1. The highest BCUT2D eigenvalue weighted by atomic mass is 19.1. The molecule has 1 aromatic heterocycles. The van der Waals surface area contributed by atoms with Gasteiger partial charge in [0.15, 0.2) is 5.75 Å². The zero-order valence-electron chi connectivity index (χ0n) is 17.1. The molecule has 0 fully saturated rings. The average Bonchev–Trinajstić information content (AvgIpc) is 2.78. The van der Waals surface area contributed by atoms with Crippen molar-refractivity contribution in [2.24, 2.45) is 5.73 Å². The van der Waals surface area contributed by atoms with Gasteiger partial charge in [-0.1, -0.05) is 30.3 Å². The van der Waals surface area contributed by atoms with Gasteiger partial charge in [0, 0.05) is 11.1 Å². The summed E-state index contributed by atoms with van der Waals surface area (Å²) in [7, 11) is 0. The number of carbonyl (C=O) groups is 1. The first-order valence-electron chi connectivity index (χ1n) is 10.1. The lowest BCUT2D eigenvalue weighted by Gasteiger charge is -2.30. The summed E-state index contributed by atoms with van der Waals surface area (Å²) in [6.45, 7) is 1.80. The monoisotopic (exact) mass is 430 g/mol. The van der Waals surface area contributed by atoms with E-state index in [1.165, 1.54) is 6.07 Å². The molecule has 4 aromatic rings. The van der Waals surface area contributed by atoms with Gasteiger partial charge in [0.1, 0.15) is 11.4 Å². The van der Waals surface area contributed by atoms with Crippen LogP contribution < -0.4 is 16.2 Å². The molecule has 0 saturated carbocycles. The summed E-state index contributed by atoms with van der Waals surface area (Å²) in [4.78, 5) is 22.4. The van der Waals surface area contributed by atoms with Gasteiger partial charge >= 0.3 is 5.97 Å². The smallest absolute Gasteiger partial charge is 0.340 e. The van der Waals surface area contributed by atoms with Crippen LogP contribution in [-0.4, -0.2) is 22.5 Å². The number of ether oxygens (including phenoxy) is 2. The van der Waals surface area contributed by atoms with E-state index in [4.69, 9.17) is 25.9 Å². The number of halogens is 1. The van der Waals surface area contributed by atoms with E-state index in [9.17, 15) is 4.79 Å². The minimum Gasteiger partial charge on any atom is -0.462 e. The van der Waals surface area contributed by atoms with Crippen molar-refractivity contribution in [2.45, 2.75) is 12.8 Å². The third-order valence-corrected chi connectivity index (χ3v) is 5.42. The Hall–Kier alpha value is -4.20. The van der Waals surface area contributed by atoms with Crippen LogP contribution in [0.2, 0.25) is 0 Å². The van der Waals surface area contributed by atoms with Gasteiger partial charge in [-0.25, -0.2) is 19.2 Å². The van der Waals surface area contributed by atoms with Crippen molar-refractivity contribution in [3.05, 3.63) is 83.0 Å². The van der Waals surface area contributed by atoms with E-state index in [0.29, 0.717) is 27.6 Å². The molecule has 32 heavy (non-hydrogen) atoms. The van der Waals surface area contributed by atoms with Crippen LogP contribution in [-0.2, 0) is 9.53 Å². The number of nitrogens with two attached hydrogens (primary N) is 2. The fraction of sp³-hybridized carbons (Fsp3) is 0.125. The van der Waals surface area contributed by atoms with Crippen molar-refractivity contribution in [2.75, 3.05) is 12.3 Å². The molecule has 2 heterocycles. The highest BCUT2D eigenvalue weighted by molar-refractivity contribution is 5.98. The average molecular weight is 430 g/mol. The minimum atomic E-state index is -0.944. The summed E-state index contributed by atoms with van der Waals surface area (Å²) in [6.07, 6.45) is 0. The molecule has 8 heteroatoms. The van der Waals surface area contributed by atoms with Crippen molar-refractivity contribution in [3.8, 4) is 5.75 Å². The Labute approximate surface area is 182 Å². The molecule has 5 rings (SSSR count). The molecule has 0 radical (unpaired) electrons. The number of aromatic nitrogens is 2. The van der Waals surface area contributed by atoms with Crippen molar-refractivity contribution in [1.82, 2.24) is 9.97 Å². The lowest BCUT2D eigenvalue weighted by atomic mass is 9.81. The summed E-state index contributed by atoms with van der Waals surface area (Å²) in [5, 5.41) is 0. The summed E-state index contributed by atoms with van der Waals surface area (Å²) in [5.41, 5.74) is 15.6. The number of hydrogen-bond donors (Lipinski definition) is 2. The topological polar surface area (TPSA) is 113 Å². The summed E-state index contributed by atoms with van der Waals surface area (Å²) < 4.78 is 26.1. The van der Waals surface area contributed by atoms with E-state index < -0.39 is 17.7 Å². The van der Waals surface area contributed by atoms with Gasteiger partial charge in [-0.05, 0) is 31.2 Å². The van der Waals surface area contributed by atoms with Crippen LogP contribution in [0, 0.1) is 5.82 Å². The van der Waals surface area contributed by atoms with Gasteiger partial charge in [0.05, 0.1) is 40.3 Å². The van der Waals surface area contributed by atoms with Crippen molar-refractivity contribution < 1.29 is 18.7 Å². The number of para-hydroxylation sites is 2. The van der Waals surface area contributed by atoms with Gasteiger partial charge in [-0.3, -0.25) is 0 Å². The first-order chi connectivity index (χ1) is 15.5. The Balaban J connectivity index is 1.89. The van der Waals surface area contributed by atoms with Crippen molar-refractivity contribution >= 4 is 33.7 Å². The Kier molecular flexibility index (Phi) is 4.62. The van der Waals surface area contributed by atoms with Gasteiger partial charge < -0.3 is 20.9 Å². The van der Waals surface area contributed by atoms with Gasteiger partial charge in [0.2, 0.25) is 5.88 Å². The zero-order chi connectivity index (χ0) is 22.4. The van der Waals surface area contributed by atoms with E-state index in [1.54, 1.807) is 31.2 Å². The number of nitrogen functional groups attached to an aromatic ring is 1. The summed E-state index contributed by atoms with van der Waals surface area (Å²) >= 11 is 0. The fourth-order valence-electron chi connectivity index (χ4n) is 4.07. The van der Waals surface area contributed by atoms with E-state index in [2.05, 4.69) is 4.98 Å². The van der Waals surface area contributed by atoms with Crippen LogP contribution in [0.15, 0.2) is 66.1 Å². The first kappa shape index (κ1) is 19.7. The van der Waals surface area contributed by atoms with Crippen LogP contribution >= 0.6 is 0 Å². The molecule has 0 spiro atoms. The number of hydrogen-bond acceptors (Lipinski definition) is 7. The van der Waals surface area contributed by atoms with E-state index >= 15 is 4.39 Å². The second-order valence-electron chi connectivity index (χ2n) is 7.34. The lowest BCUT2D eigenvalue weighted by molar-refractivity contribution is -0.139. The Morgan fingerprint density at radius 2 is 1.75 bits per heavy atom. The number of benzene rings is 3.